The van der Waals surface area contributed by atoms with E-state index in [0.29, 0.717) is 24.5 Å². The summed E-state index contributed by atoms with van der Waals surface area (Å²) in [6.45, 7) is 3.21. The molecular weight excluding hydrogens is 338 g/mol. The minimum atomic E-state index is -2.57. The van der Waals surface area contributed by atoms with Crippen LogP contribution in [0.15, 0.2) is 30.2 Å². The molecule has 0 bridgehead atoms. The molecule has 3 N–H and O–H groups in total. The molecule has 1 saturated carbocycles. The number of aryl methyl sites for hydroxylation is 1. The third-order valence-electron chi connectivity index (χ3n) is 5.18. The Morgan fingerprint density at radius 3 is 2.96 bits per heavy atom. The van der Waals surface area contributed by atoms with Crippen LogP contribution in [0.2, 0.25) is 0 Å². The monoisotopic (exact) mass is 360 g/mol. The quantitative estimate of drug-likeness (QED) is 0.714. The van der Waals surface area contributed by atoms with Crippen LogP contribution in [-0.4, -0.2) is 40.9 Å². The first-order valence-corrected chi connectivity index (χ1v) is 8.88. The van der Waals surface area contributed by atoms with Crippen molar-refractivity contribution >= 4 is 16.7 Å². The number of rotatable bonds is 5. The second-order valence-corrected chi connectivity index (χ2v) is 7.27. The van der Waals surface area contributed by atoms with Gasteiger partial charge in [0.2, 0.25) is 0 Å². The Morgan fingerprint density at radius 1 is 1.46 bits per heavy atom. The molecule has 2 aromatic heterocycles. The van der Waals surface area contributed by atoms with Crippen molar-refractivity contribution in [2.24, 2.45) is 5.92 Å². The number of hydrogen-bond acceptors (Lipinski definition) is 4. The van der Waals surface area contributed by atoms with E-state index >= 15 is 0 Å². The molecule has 1 saturated heterocycles. The lowest BCUT2D eigenvalue weighted by Gasteiger charge is -2.37. The molecule has 26 heavy (non-hydrogen) atoms. The van der Waals surface area contributed by atoms with E-state index < -0.39 is 5.92 Å². The van der Waals surface area contributed by atoms with Crippen molar-refractivity contribution in [2.45, 2.75) is 38.2 Å². The molecule has 2 aliphatic rings. The molecule has 2 aromatic rings. The van der Waals surface area contributed by atoms with Gasteiger partial charge in [0.05, 0.1) is 12.3 Å². The maximum atomic E-state index is 13.2. The van der Waals surface area contributed by atoms with E-state index in [4.69, 9.17) is 10.1 Å². The molecular formula is C19H22F2N4O. The number of nitrogens with zero attached hydrogens (tertiary/aromatic N) is 1. The molecule has 0 spiro atoms. The highest BCUT2D eigenvalue weighted by molar-refractivity contribution is 6.08. The summed E-state index contributed by atoms with van der Waals surface area (Å²) in [6, 6.07) is 1.70. The van der Waals surface area contributed by atoms with Gasteiger partial charge >= 0.3 is 0 Å². The maximum absolute atomic E-state index is 13.2. The van der Waals surface area contributed by atoms with Crippen molar-refractivity contribution in [1.82, 2.24) is 15.3 Å². The third kappa shape index (κ3) is 3.35. The van der Waals surface area contributed by atoms with Crippen molar-refractivity contribution in [1.29, 1.82) is 5.41 Å². The van der Waals surface area contributed by atoms with Crippen molar-refractivity contribution in [2.75, 3.05) is 13.2 Å². The molecule has 2 fully saturated rings. The first-order valence-electron chi connectivity index (χ1n) is 8.88. The zero-order valence-electron chi connectivity index (χ0n) is 14.6. The number of ether oxygens (including phenoxy) is 1. The predicted octanol–water partition coefficient (Wildman–Crippen LogP) is 3.55. The fourth-order valence-electron chi connectivity index (χ4n) is 3.58. The van der Waals surface area contributed by atoms with Gasteiger partial charge in [0, 0.05) is 60.4 Å². The Labute approximate surface area is 150 Å². The van der Waals surface area contributed by atoms with Crippen LogP contribution < -0.4 is 5.32 Å². The van der Waals surface area contributed by atoms with E-state index in [-0.39, 0.29) is 24.8 Å². The van der Waals surface area contributed by atoms with Gasteiger partial charge in [0.15, 0.2) is 0 Å². The van der Waals surface area contributed by atoms with E-state index in [1.54, 1.807) is 12.3 Å². The van der Waals surface area contributed by atoms with Gasteiger partial charge in [0.25, 0.3) is 5.92 Å². The minimum Gasteiger partial charge on any atom is -0.385 e. The van der Waals surface area contributed by atoms with Gasteiger partial charge in [-0.05, 0) is 31.1 Å². The van der Waals surface area contributed by atoms with Gasteiger partial charge in [-0.1, -0.05) is 0 Å². The van der Waals surface area contributed by atoms with Crippen LogP contribution in [0.4, 0.5) is 8.78 Å². The van der Waals surface area contributed by atoms with E-state index in [0.717, 1.165) is 28.7 Å². The minimum absolute atomic E-state index is 0.121. The number of hydrogen-bond donors (Lipinski definition) is 3. The molecule has 1 aliphatic heterocycles. The fraction of sp³-hybridized carbons (Fsp3) is 0.474. The summed E-state index contributed by atoms with van der Waals surface area (Å²) in [5.41, 5.74) is 3.71. The van der Waals surface area contributed by atoms with Crippen LogP contribution in [0, 0.1) is 18.3 Å². The maximum Gasteiger partial charge on any atom is 0.252 e. The average Bonchev–Trinajstić information content (AvgIpc) is 3.22. The molecule has 5 nitrogen and oxygen atoms in total. The molecule has 3 heterocycles. The zero-order chi connectivity index (χ0) is 18.3. The Kier molecular flexibility index (Phi) is 4.26. The van der Waals surface area contributed by atoms with Crippen molar-refractivity contribution in [3.8, 4) is 0 Å². The predicted molar refractivity (Wildman–Crippen MR) is 95.8 cm³/mol. The number of H-pyrrole nitrogens is 1. The highest BCUT2D eigenvalue weighted by atomic mass is 19.3. The molecule has 1 unspecified atom stereocenters. The normalized spacial score (nSPS) is 23.2. The van der Waals surface area contributed by atoms with Gasteiger partial charge in [-0.3, -0.25) is 0 Å². The molecule has 0 amide bonds. The largest absolute Gasteiger partial charge is 0.385 e. The molecule has 138 valence electrons. The van der Waals surface area contributed by atoms with Crippen LogP contribution in [0.25, 0.3) is 11.0 Å². The molecule has 0 aromatic carbocycles. The Morgan fingerprint density at radius 2 is 2.27 bits per heavy atom. The lowest BCUT2D eigenvalue weighted by molar-refractivity contribution is -0.0910. The topological polar surface area (TPSA) is 73.8 Å². The summed E-state index contributed by atoms with van der Waals surface area (Å²) in [7, 11) is 0. The number of allylic oxidation sites excluding steroid dienone is 1. The lowest BCUT2D eigenvalue weighted by atomic mass is 9.87. The second-order valence-electron chi connectivity index (χ2n) is 7.27. The van der Waals surface area contributed by atoms with Crippen molar-refractivity contribution < 1.29 is 13.5 Å². The standard InChI is InChI=1S/C19H22F2N4O/c1-11-8-23-18-15(11)4-13(9-24-18)16(22)5-17(12-2-3-26-10-12)25-14-6-19(20,21)7-14/h4-5,8-9,12,14,22,25H,2-3,6-7,10H2,1H3,(H,23,24)/b17-5-,22-16?. The molecule has 7 heteroatoms. The van der Waals surface area contributed by atoms with E-state index in [1.165, 1.54) is 0 Å². The number of pyridine rings is 1. The highest BCUT2D eigenvalue weighted by Crippen LogP contribution is 2.38. The summed E-state index contributed by atoms with van der Waals surface area (Å²) in [6.07, 6.45) is 5.84. The molecule has 1 atom stereocenters. The summed E-state index contributed by atoms with van der Waals surface area (Å²) in [4.78, 5) is 7.46. The summed E-state index contributed by atoms with van der Waals surface area (Å²) < 4.78 is 31.8. The van der Waals surface area contributed by atoms with E-state index in [2.05, 4.69) is 15.3 Å². The first kappa shape index (κ1) is 17.1. The van der Waals surface area contributed by atoms with Crippen molar-refractivity contribution in [3.63, 3.8) is 0 Å². The Balaban J connectivity index is 1.57. The van der Waals surface area contributed by atoms with Gasteiger partial charge in [0.1, 0.15) is 5.65 Å². The SMILES string of the molecule is Cc1c[nH]c2ncc(C(=N)/C=C(\NC3CC(F)(F)C3)C3CCOC3)cc12. The van der Waals surface area contributed by atoms with Gasteiger partial charge in [-0.25, -0.2) is 13.8 Å². The Bertz CT molecular complexity index is 860. The second kappa shape index (κ2) is 6.46. The van der Waals surface area contributed by atoms with Gasteiger partial charge in [-0.2, -0.15) is 0 Å². The number of nitrogens with one attached hydrogen (secondary N) is 3. The number of aromatic amines is 1. The van der Waals surface area contributed by atoms with E-state index in [9.17, 15) is 8.78 Å². The van der Waals surface area contributed by atoms with Gasteiger partial charge in [-0.15, -0.1) is 0 Å². The first-order chi connectivity index (χ1) is 12.4. The number of alkyl halides is 2. The summed E-state index contributed by atoms with van der Waals surface area (Å²) >= 11 is 0. The van der Waals surface area contributed by atoms with E-state index in [1.807, 2.05) is 19.2 Å². The average molecular weight is 360 g/mol. The summed E-state index contributed by atoms with van der Waals surface area (Å²) in [5.74, 6) is -2.45. The zero-order valence-corrected chi connectivity index (χ0v) is 14.6. The van der Waals surface area contributed by atoms with Crippen LogP contribution in [0.1, 0.15) is 30.4 Å². The third-order valence-corrected chi connectivity index (χ3v) is 5.18. The number of halogens is 2. The van der Waals surface area contributed by atoms with Crippen molar-refractivity contribution in [3.05, 3.63) is 41.4 Å². The van der Waals surface area contributed by atoms with Crippen LogP contribution >= 0.6 is 0 Å². The van der Waals surface area contributed by atoms with Crippen LogP contribution in [0.3, 0.4) is 0 Å². The van der Waals surface area contributed by atoms with Crippen LogP contribution in [-0.2, 0) is 4.74 Å². The van der Waals surface area contributed by atoms with Gasteiger partial charge < -0.3 is 20.4 Å². The molecule has 1 aliphatic carbocycles. The summed E-state index contributed by atoms with van der Waals surface area (Å²) in [5, 5.41) is 12.7. The number of fused-ring (bicyclic) bond motifs is 1. The lowest BCUT2D eigenvalue weighted by Crippen LogP contribution is -2.49. The molecule has 4 rings (SSSR count). The Hall–Kier alpha value is -2.28. The molecule has 0 radical (unpaired) electrons. The van der Waals surface area contributed by atoms with Crippen LogP contribution in [0.5, 0.6) is 0 Å². The fourth-order valence-corrected chi connectivity index (χ4v) is 3.58. The smallest absolute Gasteiger partial charge is 0.252 e. The number of aromatic nitrogens is 2. The highest BCUT2D eigenvalue weighted by Gasteiger charge is 2.45.